The van der Waals surface area contributed by atoms with Crippen LogP contribution in [0.5, 0.6) is 0 Å². The van der Waals surface area contributed by atoms with Crippen molar-refractivity contribution in [3.8, 4) is 0 Å². The Morgan fingerprint density at radius 1 is 1.44 bits per heavy atom. The van der Waals surface area contributed by atoms with Gasteiger partial charge in [-0.05, 0) is 46.8 Å². The van der Waals surface area contributed by atoms with Crippen LogP contribution in [-0.4, -0.2) is 25.7 Å². The molecule has 0 radical (unpaired) electrons. The fraction of sp³-hybridized carbons (Fsp3) is 0.600. The molecule has 1 aliphatic rings. The van der Waals surface area contributed by atoms with Gasteiger partial charge in [0.2, 0.25) is 0 Å². The van der Waals surface area contributed by atoms with Crippen molar-refractivity contribution in [2.24, 2.45) is 5.92 Å². The van der Waals surface area contributed by atoms with Crippen LogP contribution in [0.3, 0.4) is 0 Å². The van der Waals surface area contributed by atoms with Crippen molar-refractivity contribution in [3.63, 3.8) is 0 Å². The number of nitrogens with one attached hydrogen (secondary N) is 1. The minimum atomic E-state index is 0.617. The first-order valence-electron chi connectivity index (χ1n) is 6.81. The molecule has 1 N–H and O–H groups in total. The van der Waals surface area contributed by atoms with Gasteiger partial charge in [-0.3, -0.25) is 0 Å². The molecule has 0 aliphatic carbocycles. The van der Waals surface area contributed by atoms with Crippen LogP contribution in [0, 0.1) is 12.8 Å². The fourth-order valence-corrected chi connectivity index (χ4v) is 3.16. The van der Waals surface area contributed by atoms with Crippen molar-refractivity contribution >= 4 is 21.6 Å². The van der Waals surface area contributed by atoms with Crippen LogP contribution in [-0.2, 0) is 0 Å². The van der Waals surface area contributed by atoms with Crippen molar-refractivity contribution < 1.29 is 0 Å². The van der Waals surface area contributed by atoms with E-state index in [-0.39, 0.29) is 0 Å². The Balaban J connectivity index is 2.11. The molecule has 1 aromatic carbocycles. The molecule has 1 aliphatic heterocycles. The Morgan fingerprint density at radius 3 is 2.94 bits per heavy atom. The van der Waals surface area contributed by atoms with Gasteiger partial charge in [0, 0.05) is 30.1 Å². The molecule has 0 saturated carbocycles. The van der Waals surface area contributed by atoms with E-state index in [0.29, 0.717) is 6.04 Å². The van der Waals surface area contributed by atoms with Gasteiger partial charge in [-0.25, -0.2) is 0 Å². The van der Waals surface area contributed by atoms with Crippen LogP contribution in [0.2, 0.25) is 0 Å². The van der Waals surface area contributed by atoms with Crippen molar-refractivity contribution in [2.45, 2.75) is 33.2 Å². The van der Waals surface area contributed by atoms with Gasteiger partial charge in [-0.15, -0.1) is 0 Å². The first-order chi connectivity index (χ1) is 8.58. The van der Waals surface area contributed by atoms with Gasteiger partial charge < -0.3 is 10.2 Å². The number of aryl methyl sites for hydroxylation is 1. The highest BCUT2D eigenvalue weighted by Gasteiger charge is 2.21. The van der Waals surface area contributed by atoms with E-state index >= 15 is 0 Å². The van der Waals surface area contributed by atoms with E-state index in [4.69, 9.17) is 0 Å². The summed E-state index contributed by atoms with van der Waals surface area (Å²) in [6.07, 6.45) is 1.25. The zero-order chi connectivity index (χ0) is 13.1. The quantitative estimate of drug-likeness (QED) is 0.918. The molecule has 3 heteroatoms. The van der Waals surface area contributed by atoms with Crippen molar-refractivity contribution in [2.75, 3.05) is 24.5 Å². The number of hydrogen-bond donors (Lipinski definition) is 1. The molecule has 18 heavy (non-hydrogen) atoms. The van der Waals surface area contributed by atoms with Gasteiger partial charge >= 0.3 is 0 Å². The van der Waals surface area contributed by atoms with Crippen molar-refractivity contribution in [3.05, 3.63) is 28.2 Å². The minimum Gasteiger partial charge on any atom is -0.368 e. The van der Waals surface area contributed by atoms with E-state index in [9.17, 15) is 0 Å². The number of nitrogens with zero attached hydrogens (tertiary/aromatic N) is 1. The smallest absolute Gasteiger partial charge is 0.0514 e. The molecule has 1 saturated heterocycles. The van der Waals surface area contributed by atoms with Crippen LogP contribution in [0.1, 0.15) is 25.8 Å². The Hall–Kier alpha value is -0.540. The first-order valence-corrected chi connectivity index (χ1v) is 7.60. The Labute approximate surface area is 119 Å². The number of benzene rings is 1. The highest BCUT2D eigenvalue weighted by molar-refractivity contribution is 9.10. The molecule has 0 spiro atoms. The lowest BCUT2D eigenvalue weighted by Crippen LogP contribution is -2.51. The van der Waals surface area contributed by atoms with Gasteiger partial charge in [0.25, 0.3) is 0 Å². The molecule has 100 valence electrons. The summed E-state index contributed by atoms with van der Waals surface area (Å²) >= 11 is 3.72. The first kappa shape index (κ1) is 13.9. The molecule has 1 atom stereocenters. The monoisotopic (exact) mass is 310 g/mol. The maximum atomic E-state index is 3.72. The highest BCUT2D eigenvalue weighted by Crippen LogP contribution is 2.30. The van der Waals surface area contributed by atoms with Crippen molar-refractivity contribution in [1.29, 1.82) is 0 Å². The zero-order valence-electron chi connectivity index (χ0n) is 11.5. The maximum absolute atomic E-state index is 3.72. The Kier molecular flexibility index (Phi) is 4.68. The van der Waals surface area contributed by atoms with Gasteiger partial charge in [0.05, 0.1) is 5.69 Å². The lowest BCUT2D eigenvalue weighted by Gasteiger charge is -2.36. The van der Waals surface area contributed by atoms with Gasteiger partial charge in [-0.2, -0.15) is 0 Å². The summed E-state index contributed by atoms with van der Waals surface area (Å²) in [7, 11) is 0. The second kappa shape index (κ2) is 6.07. The van der Waals surface area contributed by atoms with Gasteiger partial charge in [-0.1, -0.05) is 26.0 Å². The van der Waals surface area contributed by atoms with Gasteiger partial charge in [0.15, 0.2) is 0 Å². The fourth-order valence-electron chi connectivity index (χ4n) is 2.65. The summed E-state index contributed by atoms with van der Waals surface area (Å²) in [4.78, 5) is 2.50. The molecule has 0 aromatic heterocycles. The molecule has 1 heterocycles. The summed E-state index contributed by atoms with van der Waals surface area (Å²) in [6, 6.07) is 7.14. The van der Waals surface area contributed by atoms with Gasteiger partial charge in [0.1, 0.15) is 0 Å². The molecule has 1 fully saturated rings. The molecule has 0 amide bonds. The second-order valence-corrected chi connectivity index (χ2v) is 6.43. The predicted octanol–water partition coefficient (Wildman–Crippen LogP) is 3.58. The molecular formula is C15H23BrN2. The summed E-state index contributed by atoms with van der Waals surface area (Å²) in [5.41, 5.74) is 2.65. The van der Waals surface area contributed by atoms with Crippen LogP contribution < -0.4 is 10.2 Å². The number of hydrogen-bond acceptors (Lipinski definition) is 2. The lowest BCUT2D eigenvalue weighted by molar-refractivity contribution is 0.388. The minimum absolute atomic E-state index is 0.617. The largest absolute Gasteiger partial charge is 0.368 e. The molecule has 2 rings (SSSR count). The number of anilines is 1. The number of rotatable bonds is 3. The third kappa shape index (κ3) is 3.27. The Morgan fingerprint density at radius 2 is 2.22 bits per heavy atom. The van der Waals surface area contributed by atoms with E-state index in [1.165, 1.54) is 22.1 Å². The molecular weight excluding hydrogens is 288 g/mol. The molecule has 0 bridgehead atoms. The summed E-state index contributed by atoms with van der Waals surface area (Å²) < 4.78 is 1.25. The van der Waals surface area contributed by atoms with E-state index in [2.05, 4.69) is 65.1 Å². The normalized spacial score (nSPS) is 20.5. The topological polar surface area (TPSA) is 15.3 Å². The average molecular weight is 311 g/mol. The summed E-state index contributed by atoms with van der Waals surface area (Å²) in [6.45, 7) is 10.0. The van der Waals surface area contributed by atoms with E-state index in [0.717, 1.165) is 25.6 Å². The lowest BCUT2D eigenvalue weighted by atomic mass is 10.0. The zero-order valence-corrected chi connectivity index (χ0v) is 13.1. The molecule has 2 nitrogen and oxygen atoms in total. The predicted molar refractivity (Wildman–Crippen MR) is 82.3 cm³/mol. The summed E-state index contributed by atoms with van der Waals surface area (Å²) in [5, 5.41) is 3.63. The number of halogens is 1. The standard InChI is InChI=1S/C15H23BrN2/c1-11(2)9-13-10-18(8-7-17-13)14-6-4-5-12(3)15(14)16/h4-6,11,13,17H,7-10H2,1-3H3. The van der Waals surface area contributed by atoms with Crippen LogP contribution in [0.4, 0.5) is 5.69 Å². The number of piperazine rings is 1. The SMILES string of the molecule is Cc1cccc(N2CCNC(CC(C)C)C2)c1Br. The van der Waals surface area contributed by atoms with Crippen LogP contribution in [0.25, 0.3) is 0 Å². The molecule has 1 unspecified atom stereocenters. The third-order valence-electron chi connectivity index (χ3n) is 3.52. The van der Waals surface area contributed by atoms with Crippen molar-refractivity contribution in [1.82, 2.24) is 5.32 Å². The van der Waals surface area contributed by atoms with E-state index in [1.807, 2.05) is 0 Å². The van der Waals surface area contributed by atoms with E-state index < -0.39 is 0 Å². The average Bonchev–Trinajstić information content (AvgIpc) is 2.32. The molecule has 1 aromatic rings. The summed E-state index contributed by atoms with van der Waals surface area (Å²) in [5.74, 6) is 0.753. The van der Waals surface area contributed by atoms with Crippen LogP contribution in [0.15, 0.2) is 22.7 Å². The van der Waals surface area contributed by atoms with E-state index in [1.54, 1.807) is 0 Å². The third-order valence-corrected chi connectivity index (χ3v) is 4.56. The Bertz CT molecular complexity index is 403. The highest BCUT2D eigenvalue weighted by atomic mass is 79.9. The van der Waals surface area contributed by atoms with Crippen LogP contribution >= 0.6 is 15.9 Å². The maximum Gasteiger partial charge on any atom is 0.0514 e. The second-order valence-electron chi connectivity index (χ2n) is 5.63.